The second-order valence-electron chi connectivity index (χ2n) is 5.36. The van der Waals surface area contributed by atoms with E-state index < -0.39 is 4.92 Å². The molecule has 3 aromatic rings. The molecule has 0 spiro atoms. The number of fused-ring (bicyclic) bond motifs is 1. The lowest BCUT2D eigenvalue weighted by Crippen LogP contribution is -2.25. The fourth-order valence-electron chi connectivity index (χ4n) is 2.34. The fourth-order valence-corrected chi connectivity index (χ4v) is 3.28. The molecule has 0 aliphatic rings. The fraction of sp³-hybridized carbons (Fsp3) is 0.176. The minimum absolute atomic E-state index is 0.196. The van der Waals surface area contributed by atoms with Crippen LogP contribution in [0.25, 0.3) is 17.0 Å². The highest BCUT2D eigenvalue weighted by Crippen LogP contribution is 2.23. The molecule has 0 fully saturated rings. The first-order chi connectivity index (χ1) is 13.0. The van der Waals surface area contributed by atoms with Crippen molar-refractivity contribution in [3.63, 3.8) is 0 Å². The zero-order valence-electron chi connectivity index (χ0n) is 14.1. The van der Waals surface area contributed by atoms with Crippen LogP contribution in [0.4, 0.5) is 5.88 Å². The van der Waals surface area contributed by atoms with Crippen LogP contribution in [-0.4, -0.2) is 28.2 Å². The number of rotatable bonds is 7. The Morgan fingerprint density at radius 2 is 2.22 bits per heavy atom. The van der Waals surface area contributed by atoms with Gasteiger partial charge in [-0.25, -0.2) is 4.98 Å². The molecule has 1 aromatic carbocycles. The number of benzene rings is 1. The lowest BCUT2D eigenvalue weighted by molar-refractivity contribution is -0.402. The molecule has 8 nitrogen and oxygen atoms in total. The lowest BCUT2D eigenvalue weighted by Gasteiger charge is -2.11. The maximum atomic E-state index is 12.8. The average molecular weight is 408 g/mol. The Morgan fingerprint density at radius 1 is 1.41 bits per heavy atom. The van der Waals surface area contributed by atoms with E-state index in [1.807, 2.05) is 0 Å². The van der Waals surface area contributed by atoms with E-state index in [0.717, 1.165) is 0 Å². The molecule has 3 rings (SSSR count). The van der Waals surface area contributed by atoms with Gasteiger partial charge in [0.25, 0.3) is 5.56 Å². The summed E-state index contributed by atoms with van der Waals surface area (Å²) in [4.78, 5) is 27.3. The van der Waals surface area contributed by atoms with Gasteiger partial charge in [-0.05, 0) is 35.7 Å². The molecular formula is C17H14ClN3O5S. The van der Waals surface area contributed by atoms with Gasteiger partial charge in [-0.3, -0.25) is 19.5 Å². The van der Waals surface area contributed by atoms with Gasteiger partial charge >= 0.3 is 5.88 Å². The van der Waals surface area contributed by atoms with Crippen molar-refractivity contribution >= 4 is 46.2 Å². The van der Waals surface area contributed by atoms with Crippen LogP contribution in [0, 0.1) is 10.1 Å². The summed E-state index contributed by atoms with van der Waals surface area (Å²) in [6.45, 7) is 0.686. The van der Waals surface area contributed by atoms with Crippen LogP contribution in [0.3, 0.4) is 0 Å². The molecule has 0 unspecified atom stereocenters. The number of methoxy groups -OCH3 is 1. The van der Waals surface area contributed by atoms with Crippen molar-refractivity contribution in [3.8, 4) is 0 Å². The molecular weight excluding hydrogens is 394 g/mol. The summed E-state index contributed by atoms with van der Waals surface area (Å²) in [5, 5.41) is 13.7. The summed E-state index contributed by atoms with van der Waals surface area (Å²) in [5.41, 5.74) is 0.295. The number of hydrogen-bond acceptors (Lipinski definition) is 7. The standard InChI is InChI=1S/C17H14ClN3O5S/c1-25-8-7-20-16(22)13-4-2-11(18)10-14(13)19-17(20)27-9-6-12-3-5-15(26-12)21(23)24/h2-6,9-10H,7-8H2,1H3/b9-6+. The highest BCUT2D eigenvalue weighted by atomic mass is 35.5. The van der Waals surface area contributed by atoms with E-state index in [0.29, 0.717) is 40.0 Å². The number of ether oxygens (including phenoxy) is 1. The van der Waals surface area contributed by atoms with Crippen LogP contribution in [0.2, 0.25) is 5.02 Å². The summed E-state index contributed by atoms with van der Waals surface area (Å²) in [6, 6.07) is 7.67. The number of thioether (sulfide) groups is 1. The van der Waals surface area contributed by atoms with Crippen LogP contribution >= 0.6 is 23.4 Å². The van der Waals surface area contributed by atoms with E-state index >= 15 is 0 Å². The minimum atomic E-state index is -0.610. The van der Waals surface area contributed by atoms with Gasteiger partial charge in [-0.1, -0.05) is 23.4 Å². The number of furan rings is 1. The predicted molar refractivity (Wildman–Crippen MR) is 103 cm³/mol. The highest BCUT2D eigenvalue weighted by Gasteiger charge is 2.12. The van der Waals surface area contributed by atoms with Crippen molar-refractivity contribution in [3.05, 3.63) is 67.0 Å². The Morgan fingerprint density at radius 3 is 2.93 bits per heavy atom. The van der Waals surface area contributed by atoms with Gasteiger partial charge in [0.2, 0.25) is 0 Å². The molecule has 0 aliphatic carbocycles. The first kappa shape index (κ1) is 19.2. The monoisotopic (exact) mass is 407 g/mol. The van der Waals surface area contributed by atoms with Crippen molar-refractivity contribution < 1.29 is 14.1 Å². The Bertz CT molecular complexity index is 1080. The van der Waals surface area contributed by atoms with Gasteiger partial charge in [0.05, 0.1) is 30.1 Å². The van der Waals surface area contributed by atoms with Crippen molar-refractivity contribution in [1.82, 2.24) is 9.55 Å². The summed E-state index contributed by atoms with van der Waals surface area (Å²) in [7, 11) is 1.55. The number of aromatic nitrogens is 2. The van der Waals surface area contributed by atoms with Gasteiger partial charge in [0, 0.05) is 12.1 Å². The van der Waals surface area contributed by atoms with Gasteiger partial charge in [-0.15, -0.1) is 0 Å². The Hall–Kier alpha value is -2.62. The zero-order chi connectivity index (χ0) is 19.4. The smallest absolute Gasteiger partial charge is 0.401 e. The third-order valence-electron chi connectivity index (χ3n) is 3.60. The third kappa shape index (κ3) is 4.38. The maximum absolute atomic E-state index is 12.8. The highest BCUT2D eigenvalue weighted by molar-refractivity contribution is 8.02. The van der Waals surface area contributed by atoms with E-state index in [4.69, 9.17) is 20.8 Å². The molecule has 0 saturated carbocycles. The SMILES string of the molecule is COCCn1c(S/C=C/c2ccc([N+](=O)[O-])o2)nc2cc(Cl)ccc2c1=O. The second kappa shape index (κ2) is 8.38. The van der Waals surface area contributed by atoms with Crippen LogP contribution in [0.1, 0.15) is 5.76 Å². The van der Waals surface area contributed by atoms with Crippen molar-refractivity contribution in [1.29, 1.82) is 0 Å². The van der Waals surface area contributed by atoms with E-state index in [1.165, 1.54) is 28.5 Å². The van der Waals surface area contributed by atoms with E-state index in [-0.39, 0.29) is 11.4 Å². The number of hydrogen-bond donors (Lipinski definition) is 0. The zero-order valence-corrected chi connectivity index (χ0v) is 15.7. The molecule has 0 aliphatic heterocycles. The summed E-state index contributed by atoms with van der Waals surface area (Å²) < 4.78 is 11.6. The topological polar surface area (TPSA) is 100 Å². The molecule has 2 aromatic heterocycles. The Balaban J connectivity index is 1.94. The summed E-state index contributed by atoms with van der Waals surface area (Å²) >= 11 is 7.19. The maximum Gasteiger partial charge on any atom is 0.433 e. The largest absolute Gasteiger partial charge is 0.433 e. The first-order valence-corrected chi connectivity index (χ1v) is 9.02. The average Bonchev–Trinajstić information content (AvgIpc) is 3.10. The molecule has 2 heterocycles. The number of nitro groups is 1. The molecule has 0 atom stereocenters. The normalized spacial score (nSPS) is 11.5. The number of halogens is 1. The second-order valence-corrected chi connectivity index (χ2v) is 6.67. The third-order valence-corrected chi connectivity index (χ3v) is 4.63. The Labute approximate surface area is 162 Å². The quantitative estimate of drug-likeness (QED) is 0.253. The summed E-state index contributed by atoms with van der Waals surface area (Å²) in [5.74, 6) is -0.0149. The minimum Gasteiger partial charge on any atom is -0.401 e. The molecule has 0 saturated heterocycles. The van der Waals surface area contributed by atoms with Crippen molar-refractivity contribution in [2.24, 2.45) is 0 Å². The van der Waals surface area contributed by atoms with Gasteiger partial charge < -0.3 is 9.15 Å². The molecule has 0 radical (unpaired) electrons. The molecule has 0 bridgehead atoms. The van der Waals surface area contributed by atoms with E-state index in [9.17, 15) is 14.9 Å². The molecule has 27 heavy (non-hydrogen) atoms. The van der Waals surface area contributed by atoms with Crippen molar-refractivity contribution in [2.45, 2.75) is 11.7 Å². The van der Waals surface area contributed by atoms with Gasteiger partial charge in [-0.2, -0.15) is 0 Å². The van der Waals surface area contributed by atoms with Crippen LogP contribution in [-0.2, 0) is 11.3 Å². The van der Waals surface area contributed by atoms with E-state index in [2.05, 4.69) is 4.98 Å². The first-order valence-electron chi connectivity index (χ1n) is 7.76. The van der Waals surface area contributed by atoms with Crippen LogP contribution in [0.15, 0.2) is 50.1 Å². The van der Waals surface area contributed by atoms with Crippen molar-refractivity contribution in [2.75, 3.05) is 13.7 Å². The molecule has 10 heteroatoms. The van der Waals surface area contributed by atoms with Crippen LogP contribution < -0.4 is 5.56 Å². The molecule has 0 N–H and O–H groups in total. The van der Waals surface area contributed by atoms with Crippen LogP contribution in [0.5, 0.6) is 0 Å². The molecule has 0 amide bonds. The Kier molecular flexibility index (Phi) is 5.94. The lowest BCUT2D eigenvalue weighted by atomic mass is 10.2. The van der Waals surface area contributed by atoms with E-state index in [1.54, 1.807) is 36.8 Å². The van der Waals surface area contributed by atoms with Gasteiger partial charge in [0.1, 0.15) is 10.7 Å². The van der Waals surface area contributed by atoms with Gasteiger partial charge in [0.15, 0.2) is 5.16 Å². The predicted octanol–water partition coefficient (Wildman–Crippen LogP) is 3.96. The number of nitrogens with zero attached hydrogens (tertiary/aromatic N) is 3. The molecule has 140 valence electrons. The summed E-state index contributed by atoms with van der Waals surface area (Å²) in [6.07, 6.45) is 1.56.